The highest BCUT2D eigenvalue weighted by atomic mass is 32.2. The van der Waals surface area contributed by atoms with E-state index in [4.69, 9.17) is 5.73 Å². The first-order valence-corrected chi connectivity index (χ1v) is 8.65. The summed E-state index contributed by atoms with van der Waals surface area (Å²) in [5.74, 6) is 0.163. The topological polar surface area (TPSA) is 63.4 Å². The van der Waals surface area contributed by atoms with E-state index in [-0.39, 0.29) is 5.75 Å². The van der Waals surface area contributed by atoms with E-state index in [2.05, 4.69) is 4.90 Å². The summed E-state index contributed by atoms with van der Waals surface area (Å²) in [4.78, 5) is 2.09. The van der Waals surface area contributed by atoms with Crippen LogP contribution in [0, 0.1) is 0 Å². The number of rotatable bonds is 7. The lowest BCUT2D eigenvalue weighted by Gasteiger charge is -2.27. The second-order valence-electron chi connectivity index (χ2n) is 5.90. The SMILES string of the molecule is CC(C)(C)S(=O)(=O)CCN(CCCN)c1ccccc1. The molecule has 1 rings (SSSR count). The molecule has 0 aliphatic rings. The van der Waals surface area contributed by atoms with Crippen LogP contribution in [0.4, 0.5) is 5.69 Å². The van der Waals surface area contributed by atoms with Gasteiger partial charge >= 0.3 is 0 Å². The van der Waals surface area contributed by atoms with Gasteiger partial charge in [0.15, 0.2) is 9.84 Å². The van der Waals surface area contributed by atoms with E-state index < -0.39 is 14.6 Å². The van der Waals surface area contributed by atoms with Crippen molar-refractivity contribution in [2.45, 2.75) is 31.9 Å². The van der Waals surface area contributed by atoms with Gasteiger partial charge in [-0.1, -0.05) is 18.2 Å². The number of hydrogen-bond donors (Lipinski definition) is 1. The van der Waals surface area contributed by atoms with Gasteiger partial charge in [-0.2, -0.15) is 0 Å². The molecule has 0 amide bonds. The highest BCUT2D eigenvalue weighted by molar-refractivity contribution is 7.92. The number of benzene rings is 1. The first-order valence-electron chi connectivity index (χ1n) is 7.00. The molecule has 0 saturated heterocycles. The van der Waals surface area contributed by atoms with Crippen molar-refractivity contribution < 1.29 is 8.42 Å². The maximum absolute atomic E-state index is 12.2. The molecular weight excluding hydrogens is 272 g/mol. The summed E-state index contributed by atoms with van der Waals surface area (Å²) >= 11 is 0. The molecular formula is C15H26N2O2S. The quantitative estimate of drug-likeness (QED) is 0.837. The van der Waals surface area contributed by atoms with Crippen LogP contribution in [-0.4, -0.2) is 38.6 Å². The zero-order valence-corrected chi connectivity index (χ0v) is 13.5. The monoisotopic (exact) mass is 298 g/mol. The lowest BCUT2D eigenvalue weighted by atomic mass is 10.2. The number of para-hydroxylation sites is 1. The molecule has 0 aliphatic heterocycles. The summed E-state index contributed by atoms with van der Waals surface area (Å²) in [5.41, 5.74) is 6.61. The number of nitrogens with two attached hydrogens (primary N) is 1. The molecule has 0 fully saturated rings. The largest absolute Gasteiger partial charge is 0.370 e. The van der Waals surface area contributed by atoms with E-state index >= 15 is 0 Å². The van der Waals surface area contributed by atoms with Crippen molar-refractivity contribution in [3.05, 3.63) is 30.3 Å². The Labute approximate surface area is 122 Å². The summed E-state index contributed by atoms with van der Waals surface area (Å²) in [6.07, 6.45) is 0.852. The summed E-state index contributed by atoms with van der Waals surface area (Å²) in [6, 6.07) is 9.88. The summed E-state index contributed by atoms with van der Waals surface area (Å²) in [5, 5.41) is 0. The van der Waals surface area contributed by atoms with Gasteiger partial charge in [0, 0.05) is 18.8 Å². The standard InChI is InChI=1S/C15H26N2O2S/c1-15(2,3)20(18,19)13-12-17(11-7-10-16)14-8-5-4-6-9-14/h4-6,8-9H,7,10-13,16H2,1-3H3. The fourth-order valence-electron chi connectivity index (χ4n) is 1.83. The first kappa shape index (κ1) is 17.0. The average Bonchev–Trinajstić information content (AvgIpc) is 2.38. The summed E-state index contributed by atoms with van der Waals surface area (Å²) in [7, 11) is -3.10. The lowest BCUT2D eigenvalue weighted by molar-refractivity contribution is 0.558. The minimum Gasteiger partial charge on any atom is -0.370 e. The van der Waals surface area contributed by atoms with Gasteiger partial charge in [-0.05, 0) is 45.9 Å². The highest BCUT2D eigenvalue weighted by Crippen LogP contribution is 2.18. The number of sulfone groups is 1. The Bertz CT molecular complexity index is 492. The Morgan fingerprint density at radius 1 is 1.10 bits per heavy atom. The molecule has 5 heteroatoms. The zero-order valence-electron chi connectivity index (χ0n) is 12.7. The second kappa shape index (κ2) is 7.09. The van der Waals surface area contributed by atoms with Gasteiger partial charge in [-0.3, -0.25) is 0 Å². The van der Waals surface area contributed by atoms with Gasteiger partial charge in [-0.25, -0.2) is 8.42 Å². The van der Waals surface area contributed by atoms with Crippen LogP contribution in [0.25, 0.3) is 0 Å². The Hall–Kier alpha value is -1.07. The van der Waals surface area contributed by atoms with Crippen LogP contribution in [0.3, 0.4) is 0 Å². The number of anilines is 1. The van der Waals surface area contributed by atoms with Gasteiger partial charge in [-0.15, -0.1) is 0 Å². The third kappa shape index (κ3) is 4.80. The molecule has 0 radical (unpaired) electrons. The second-order valence-corrected chi connectivity index (χ2v) is 8.76. The Kier molecular flexibility index (Phi) is 6.02. The minimum absolute atomic E-state index is 0.163. The van der Waals surface area contributed by atoms with Crippen LogP contribution < -0.4 is 10.6 Å². The molecule has 4 nitrogen and oxygen atoms in total. The van der Waals surface area contributed by atoms with Crippen molar-refractivity contribution in [3.8, 4) is 0 Å². The molecule has 0 unspecified atom stereocenters. The predicted molar refractivity (Wildman–Crippen MR) is 85.9 cm³/mol. The van der Waals surface area contributed by atoms with Gasteiger partial charge in [0.05, 0.1) is 10.5 Å². The molecule has 20 heavy (non-hydrogen) atoms. The molecule has 0 aromatic heterocycles. The summed E-state index contributed by atoms with van der Waals surface area (Å²) in [6.45, 7) is 7.12. The molecule has 1 aromatic carbocycles. The molecule has 1 aromatic rings. The van der Waals surface area contributed by atoms with E-state index in [0.717, 1.165) is 18.7 Å². The van der Waals surface area contributed by atoms with Crippen molar-refractivity contribution >= 4 is 15.5 Å². The van der Waals surface area contributed by atoms with Crippen molar-refractivity contribution in [1.29, 1.82) is 0 Å². The fraction of sp³-hybridized carbons (Fsp3) is 0.600. The van der Waals surface area contributed by atoms with Crippen LogP contribution in [0.2, 0.25) is 0 Å². The van der Waals surface area contributed by atoms with Crippen LogP contribution in [0.15, 0.2) is 30.3 Å². The summed E-state index contributed by atoms with van der Waals surface area (Å²) < 4.78 is 23.7. The molecule has 0 saturated carbocycles. The Balaban J connectivity index is 2.77. The van der Waals surface area contributed by atoms with Crippen LogP contribution in [0.1, 0.15) is 27.2 Å². The van der Waals surface area contributed by atoms with Crippen molar-refractivity contribution in [1.82, 2.24) is 0 Å². The lowest BCUT2D eigenvalue weighted by Crippen LogP contribution is -2.37. The van der Waals surface area contributed by atoms with Crippen LogP contribution in [-0.2, 0) is 9.84 Å². The van der Waals surface area contributed by atoms with Gasteiger partial charge in [0.25, 0.3) is 0 Å². The zero-order chi connectivity index (χ0) is 15.2. The average molecular weight is 298 g/mol. The van der Waals surface area contributed by atoms with Crippen LogP contribution in [0.5, 0.6) is 0 Å². The normalized spacial score (nSPS) is 12.4. The smallest absolute Gasteiger partial charge is 0.156 e. The van der Waals surface area contributed by atoms with Gasteiger partial charge < -0.3 is 10.6 Å². The third-order valence-corrected chi connectivity index (χ3v) is 5.90. The fourth-order valence-corrected chi connectivity index (χ4v) is 2.90. The Morgan fingerprint density at radius 3 is 2.20 bits per heavy atom. The molecule has 0 spiro atoms. The van der Waals surface area contributed by atoms with Crippen molar-refractivity contribution in [3.63, 3.8) is 0 Å². The first-order chi connectivity index (χ1) is 9.28. The molecule has 0 heterocycles. The van der Waals surface area contributed by atoms with Crippen LogP contribution >= 0.6 is 0 Å². The molecule has 0 atom stereocenters. The maximum Gasteiger partial charge on any atom is 0.156 e. The molecule has 0 aliphatic carbocycles. The molecule has 114 valence electrons. The third-order valence-electron chi connectivity index (χ3n) is 3.32. The molecule has 0 bridgehead atoms. The van der Waals surface area contributed by atoms with E-state index in [1.165, 1.54) is 0 Å². The highest BCUT2D eigenvalue weighted by Gasteiger charge is 2.29. The Morgan fingerprint density at radius 2 is 1.70 bits per heavy atom. The van der Waals surface area contributed by atoms with Gasteiger partial charge in [0.1, 0.15) is 0 Å². The van der Waals surface area contributed by atoms with E-state index in [1.807, 2.05) is 30.3 Å². The van der Waals surface area contributed by atoms with Gasteiger partial charge in [0.2, 0.25) is 0 Å². The predicted octanol–water partition coefficient (Wildman–Crippen LogP) is 2.06. The number of hydrogen-bond acceptors (Lipinski definition) is 4. The minimum atomic E-state index is -3.10. The van der Waals surface area contributed by atoms with E-state index in [9.17, 15) is 8.42 Å². The van der Waals surface area contributed by atoms with E-state index in [0.29, 0.717) is 13.1 Å². The number of nitrogens with zero attached hydrogens (tertiary/aromatic N) is 1. The van der Waals surface area contributed by atoms with E-state index in [1.54, 1.807) is 20.8 Å². The molecule has 2 N–H and O–H groups in total. The maximum atomic E-state index is 12.2. The van der Waals surface area contributed by atoms with Crippen molar-refractivity contribution in [2.24, 2.45) is 5.73 Å². The van der Waals surface area contributed by atoms with Crippen molar-refractivity contribution in [2.75, 3.05) is 30.3 Å².